The fourth-order valence-corrected chi connectivity index (χ4v) is 5.39. The molecule has 0 aliphatic heterocycles. The van der Waals surface area contributed by atoms with Gasteiger partial charge in [0, 0.05) is 30.3 Å². The number of amides is 4. The maximum Gasteiger partial charge on any atom is 0.514 e. The maximum atomic E-state index is 13.3. The first-order valence-corrected chi connectivity index (χ1v) is 15.3. The number of anilines is 1. The summed E-state index contributed by atoms with van der Waals surface area (Å²) < 4.78 is 15.8. The lowest BCUT2D eigenvalue weighted by Crippen LogP contribution is -2.44. The van der Waals surface area contributed by atoms with Gasteiger partial charge in [-0.2, -0.15) is 0 Å². The van der Waals surface area contributed by atoms with Gasteiger partial charge in [-0.05, 0) is 64.9 Å². The highest BCUT2D eigenvalue weighted by Crippen LogP contribution is 2.44. The number of rotatable bonds is 13. The van der Waals surface area contributed by atoms with Gasteiger partial charge in [0.15, 0.2) is 0 Å². The zero-order chi connectivity index (χ0) is 34.8. The second kappa shape index (κ2) is 15.9. The number of nitro benzene ring substituents is 1. The molecule has 0 unspecified atom stereocenters. The molecule has 0 saturated carbocycles. The van der Waals surface area contributed by atoms with Gasteiger partial charge in [0.25, 0.3) is 5.69 Å². The number of benzene rings is 4. The number of nitrogens with two attached hydrogens (primary N) is 1. The summed E-state index contributed by atoms with van der Waals surface area (Å²) in [4.78, 5) is 59.6. The molecule has 4 aromatic rings. The first-order valence-electron chi connectivity index (χ1n) is 15.3. The normalized spacial score (nSPS) is 12.1. The predicted octanol–water partition coefficient (Wildman–Crippen LogP) is 5.60. The van der Waals surface area contributed by atoms with Crippen LogP contribution in [0.5, 0.6) is 5.75 Å². The van der Waals surface area contributed by atoms with Crippen molar-refractivity contribution in [3.8, 4) is 16.9 Å². The highest BCUT2D eigenvalue weighted by Gasteiger charge is 2.30. The molecule has 14 heteroatoms. The number of urea groups is 1. The van der Waals surface area contributed by atoms with Crippen LogP contribution < -0.4 is 26.4 Å². The van der Waals surface area contributed by atoms with E-state index in [0.29, 0.717) is 17.7 Å². The van der Waals surface area contributed by atoms with Crippen molar-refractivity contribution in [1.29, 1.82) is 0 Å². The molecule has 0 aromatic heterocycles. The first-order chi connectivity index (χ1) is 23.7. The minimum Gasteiger partial charge on any atom is -0.449 e. The minimum atomic E-state index is -1.00. The smallest absolute Gasteiger partial charge is 0.449 e. The van der Waals surface area contributed by atoms with Gasteiger partial charge in [-0.1, -0.05) is 60.7 Å². The highest BCUT2D eigenvalue weighted by molar-refractivity contribution is 5.96. The Hall–Kier alpha value is -6.44. The number of non-ortho nitro benzene ring substituents is 1. The molecule has 4 amide bonds. The molecule has 0 heterocycles. The van der Waals surface area contributed by atoms with Crippen molar-refractivity contribution in [1.82, 2.24) is 10.6 Å². The van der Waals surface area contributed by atoms with E-state index in [9.17, 15) is 29.3 Å². The summed E-state index contributed by atoms with van der Waals surface area (Å²) >= 11 is 0. The second-order valence-corrected chi connectivity index (χ2v) is 11.0. The van der Waals surface area contributed by atoms with Crippen molar-refractivity contribution in [2.45, 2.75) is 31.4 Å². The van der Waals surface area contributed by atoms with Gasteiger partial charge in [0.05, 0.1) is 4.92 Å². The van der Waals surface area contributed by atoms with E-state index < -0.39 is 35.2 Å². The summed E-state index contributed by atoms with van der Waals surface area (Å²) in [6.07, 6.45) is -1.24. The number of primary amides is 1. The minimum absolute atomic E-state index is 0.0718. The van der Waals surface area contributed by atoms with Crippen LogP contribution in [-0.4, -0.2) is 48.3 Å². The van der Waals surface area contributed by atoms with Crippen molar-refractivity contribution in [2.24, 2.45) is 5.73 Å². The number of fused-ring (bicyclic) bond motifs is 3. The summed E-state index contributed by atoms with van der Waals surface area (Å²) in [6.45, 7) is 0.133. The number of hydrogen-bond donors (Lipinski definition) is 4. The number of nitrogens with zero attached hydrogens (tertiary/aromatic N) is 1. The van der Waals surface area contributed by atoms with Gasteiger partial charge in [0.2, 0.25) is 5.91 Å². The molecule has 1 aliphatic rings. The van der Waals surface area contributed by atoms with Crippen molar-refractivity contribution in [3.05, 3.63) is 124 Å². The zero-order valence-electron chi connectivity index (χ0n) is 26.1. The molecule has 252 valence electrons. The Labute approximate surface area is 280 Å². The van der Waals surface area contributed by atoms with Crippen molar-refractivity contribution in [2.75, 3.05) is 18.5 Å². The van der Waals surface area contributed by atoms with Crippen molar-refractivity contribution < 1.29 is 38.3 Å². The molecule has 0 bridgehead atoms. The number of ether oxygens (including phenoxy) is 3. The van der Waals surface area contributed by atoms with Gasteiger partial charge in [-0.15, -0.1) is 0 Å². The lowest BCUT2D eigenvalue weighted by atomic mass is 9.98. The van der Waals surface area contributed by atoms with Gasteiger partial charge < -0.3 is 35.9 Å². The van der Waals surface area contributed by atoms with Crippen LogP contribution in [0.2, 0.25) is 0 Å². The number of nitro groups is 1. The SMILES string of the molecule is NC(=O)NCCC[C@H](NC(=O)OCC1c2ccccc2-c2ccccc21)C(=O)Nc1ccc(COC(=O)Oc2ccc([N+](=O)[O-])cc2)cc1. The fraction of sp³-hybridized carbons (Fsp3) is 0.200. The number of hydrogen-bond acceptors (Lipinski definition) is 9. The molecular formula is C35H33N5O9. The molecule has 49 heavy (non-hydrogen) atoms. The van der Waals surface area contributed by atoms with Crippen LogP contribution in [0.1, 0.15) is 35.4 Å². The maximum absolute atomic E-state index is 13.3. The van der Waals surface area contributed by atoms with E-state index in [1.54, 1.807) is 24.3 Å². The Balaban J connectivity index is 1.14. The van der Waals surface area contributed by atoms with E-state index >= 15 is 0 Å². The quantitative estimate of drug-likeness (QED) is 0.0460. The van der Waals surface area contributed by atoms with Crippen LogP contribution in [0.25, 0.3) is 11.1 Å². The van der Waals surface area contributed by atoms with Crippen molar-refractivity contribution in [3.63, 3.8) is 0 Å². The average molecular weight is 668 g/mol. The number of carbonyl (C=O) groups is 4. The average Bonchev–Trinajstić information content (AvgIpc) is 3.42. The van der Waals surface area contributed by atoms with E-state index in [4.69, 9.17) is 19.9 Å². The summed E-state index contributed by atoms with van der Waals surface area (Å²) in [5.74, 6) is -0.583. The number of carbonyl (C=O) groups excluding carboxylic acids is 4. The molecule has 0 saturated heterocycles. The van der Waals surface area contributed by atoms with Crippen LogP contribution in [-0.2, 0) is 20.9 Å². The monoisotopic (exact) mass is 667 g/mol. The topological polar surface area (TPSA) is 201 Å². The van der Waals surface area contributed by atoms with E-state index in [-0.39, 0.29) is 43.5 Å². The summed E-state index contributed by atoms with van der Waals surface area (Å²) in [5.41, 5.74) is 10.3. The molecule has 14 nitrogen and oxygen atoms in total. The van der Waals surface area contributed by atoms with Crippen LogP contribution in [0, 0.1) is 10.1 Å². The Bertz CT molecular complexity index is 1780. The lowest BCUT2D eigenvalue weighted by Gasteiger charge is -2.20. The summed E-state index contributed by atoms with van der Waals surface area (Å²) in [5, 5.41) is 18.6. The van der Waals surface area contributed by atoms with Gasteiger partial charge in [0.1, 0.15) is 25.0 Å². The third-order valence-electron chi connectivity index (χ3n) is 7.75. The van der Waals surface area contributed by atoms with Gasteiger partial charge >= 0.3 is 18.3 Å². The van der Waals surface area contributed by atoms with E-state index in [2.05, 4.69) is 16.0 Å². The van der Waals surface area contributed by atoms with E-state index in [0.717, 1.165) is 22.3 Å². The Kier molecular flexibility index (Phi) is 11.0. The first kappa shape index (κ1) is 33.9. The highest BCUT2D eigenvalue weighted by atomic mass is 16.7. The molecule has 1 aliphatic carbocycles. The third-order valence-corrected chi connectivity index (χ3v) is 7.75. The Morgan fingerprint density at radius 1 is 0.837 bits per heavy atom. The second-order valence-electron chi connectivity index (χ2n) is 11.0. The fourth-order valence-electron chi connectivity index (χ4n) is 5.39. The van der Waals surface area contributed by atoms with Crippen LogP contribution in [0.15, 0.2) is 97.1 Å². The molecule has 4 aromatic carbocycles. The Morgan fingerprint density at radius 3 is 2.08 bits per heavy atom. The largest absolute Gasteiger partial charge is 0.514 e. The lowest BCUT2D eigenvalue weighted by molar-refractivity contribution is -0.384. The number of alkyl carbamates (subject to hydrolysis) is 1. The molecule has 5 rings (SSSR count). The summed E-state index contributed by atoms with van der Waals surface area (Å²) in [6, 6.07) is 25.6. The predicted molar refractivity (Wildman–Crippen MR) is 178 cm³/mol. The van der Waals surface area contributed by atoms with Gasteiger partial charge in [-0.25, -0.2) is 14.4 Å². The Morgan fingerprint density at radius 2 is 1.47 bits per heavy atom. The van der Waals surface area contributed by atoms with E-state index in [1.807, 2.05) is 48.5 Å². The van der Waals surface area contributed by atoms with Crippen LogP contribution >= 0.6 is 0 Å². The molecule has 1 atom stereocenters. The standard InChI is InChI=1S/C35H33N5O9/c36-33(42)37-19-5-10-31(39-34(43)47-21-30-28-8-3-1-6-26(28)27-7-2-4-9-29(27)30)32(41)38-23-13-11-22(12-14-23)20-48-35(44)49-25-17-15-24(16-18-25)40(45)46/h1-4,6-9,11-18,30-31H,5,10,19-21H2,(H,38,41)(H,39,43)(H3,36,37,42)/t31-/m0/s1. The molecule has 5 N–H and O–H groups in total. The zero-order valence-corrected chi connectivity index (χ0v) is 26.1. The van der Waals surface area contributed by atoms with E-state index in [1.165, 1.54) is 24.3 Å². The van der Waals surface area contributed by atoms with Crippen molar-refractivity contribution >= 4 is 35.6 Å². The molecule has 0 spiro atoms. The molecule has 0 fully saturated rings. The van der Waals surface area contributed by atoms with Crippen LogP contribution in [0.4, 0.5) is 25.8 Å². The summed E-state index contributed by atoms with van der Waals surface area (Å²) in [7, 11) is 0. The third kappa shape index (κ3) is 9.10. The van der Waals surface area contributed by atoms with Gasteiger partial charge in [-0.3, -0.25) is 14.9 Å². The number of nitrogens with one attached hydrogen (secondary N) is 3. The molecular weight excluding hydrogens is 634 g/mol. The molecule has 0 radical (unpaired) electrons. The van der Waals surface area contributed by atoms with Crippen LogP contribution in [0.3, 0.4) is 0 Å².